The molecule has 0 fully saturated rings. The lowest BCUT2D eigenvalue weighted by Crippen LogP contribution is -2.04. The number of rotatable bonds is 5. The Bertz CT molecular complexity index is 390. The number of hydrogen-bond donors (Lipinski definition) is 1. The van der Waals surface area contributed by atoms with Gasteiger partial charge in [0.05, 0.1) is 12.7 Å². The number of benzene rings is 1. The van der Waals surface area contributed by atoms with E-state index in [-0.39, 0.29) is 6.61 Å². The van der Waals surface area contributed by atoms with E-state index in [1.165, 1.54) is 0 Å². The number of aliphatic hydroxyl groups excluding tert-OH is 1. The summed E-state index contributed by atoms with van der Waals surface area (Å²) in [5.41, 5.74) is 0.801. The highest BCUT2D eigenvalue weighted by Gasteiger charge is 2.11. The highest BCUT2D eigenvalue weighted by molar-refractivity contribution is 9.13. The quantitative estimate of drug-likeness (QED) is 0.831. The second kappa shape index (κ2) is 7.02. The first-order valence-corrected chi connectivity index (χ1v) is 6.34. The van der Waals surface area contributed by atoms with E-state index in [9.17, 15) is 0 Å². The lowest BCUT2D eigenvalue weighted by atomic mass is 10.1. The van der Waals surface area contributed by atoms with Gasteiger partial charge < -0.3 is 9.84 Å². The molecule has 1 atom stereocenters. The van der Waals surface area contributed by atoms with Gasteiger partial charge in [0.2, 0.25) is 0 Å². The fraction of sp³-hybridized carbons (Fsp3) is 0.364. The van der Waals surface area contributed by atoms with Gasteiger partial charge >= 0.3 is 0 Å². The summed E-state index contributed by atoms with van der Waals surface area (Å²) in [6.45, 7) is 0.449. The molecule has 0 radical (unpaired) electrons. The smallest absolute Gasteiger partial charge is 0.169 e. The second-order valence-electron chi connectivity index (χ2n) is 3.13. The molecule has 0 spiro atoms. The average molecular weight is 349 g/mol. The molecule has 86 valence electrons. The van der Waals surface area contributed by atoms with Crippen LogP contribution >= 0.6 is 31.9 Å². The predicted octanol–water partition coefficient (Wildman–Crippen LogP) is 3.18. The summed E-state index contributed by atoms with van der Waals surface area (Å²) in [5, 5.41) is 17.6. The zero-order chi connectivity index (χ0) is 12.0. The Hall–Kier alpha value is -0.410. The Morgan fingerprint density at radius 3 is 2.69 bits per heavy atom. The molecule has 16 heavy (non-hydrogen) atoms. The van der Waals surface area contributed by atoms with Crippen molar-refractivity contribution in [2.75, 3.05) is 13.2 Å². The van der Waals surface area contributed by atoms with Gasteiger partial charge in [-0.05, 0) is 56.0 Å². The molecule has 1 aromatic carbocycles. The van der Waals surface area contributed by atoms with E-state index in [0.717, 1.165) is 14.5 Å². The molecule has 0 aromatic heterocycles. The minimum absolute atomic E-state index is 0.0716. The Morgan fingerprint density at radius 1 is 1.38 bits per heavy atom. The van der Waals surface area contributed by atoms with Gasteiger partial charge in [-0.3, -0.25) is 0 Å². The lowest BCUT2D eigenvalue weighted by Gasteiger charge is -2.11. The molecule has 1 aromatic rings. The Morgan fingerprint density at radius 2 is 2.12 bits per heavy atom. The third-order valence-corrected chi connectivity index (χ3v) is 3.83. The maximum atomic E-state index is 8.97. The van der Waals surface area contributed by atoms with Crippen molar-refractivity contribution in [2.24, 2.45) is 0 Å². The van der Waals surface area contributed by atoms with Gasteiger partial charge in [-0.2, -0.15) is 5.26 Å². The number of aliphatic hydroxyl groups is 1. The fourth-order valence-corrected chi connectivity index (χ4v) is 1.79. The minimum atomic E-state index is -0.587. The van der Waals surface area contributed by atoms with Crippen LogP contribution in [0.15, 0.2) is 27.1 Å². The van der Waals surface area contributed by atoms with Gasteiger partial charge in [0, 0.05) is 15.6 Å². The molecular formula is C11H11Br2NO2. The number of halogens is 2. The largest absolute Gasteiger partial charge is 0.396 e. The van der Waals surface area contributed by atoms with Crippen molar-refractivity contribution in [3.63, 3.8) is 0 Å². The maximum Gasteiger partial charge on any atom is 0.169 e. The van der Waals surface area contributed by atoms with E-state index in [2.05, 4.69) is 37.9 Å². The van der Waals surface area contributed by atoms with E-state index >= 15 is 0 Å². The highest BCUT2D eigenvalue weighted by Crippen LogP contribution is 2.27. The minimum Gasteiger partial charge on any atom is -0.396 e. The number of hydrogen-bond acceptors (Lipinski definition) is 3. The van der Waals surface area contributed by atoms with Crippen LogP contribution in [0, 0.1) is 11.3 Å². The topological polar surface area (TPSA) is 53.2 Å². The van der Waals surface area contributed by atoms with E-state index in [4.69, 9.17) is 15.1 Å². The van der Waals surface area contributed by atoms with Crippen LogP contribution in [-0.2, 0) is 4.74 Å². The zero-order valence-corrected chi connectivity index (χ0v) is 11.7. The van der Waals surface area contributed by atoms with Crippen LogP contribution in [0.25, 0.3) is 0 Å². The van der Waals surface area contributed by atoms with Crippen LogP contribution in [0.1, 0.15) is 18.1 Å². The Labute approximate surface area is 111 Å². The summed E-state index contributed by atoms with van der Waals surface area (Å²) in [4.78, 5) is 0. The first-order chi connectivity index (χ1) is 7.69. The van der Waals surface area contributed by atoms with Gasteiger partial charge in [0.1, 0.15) is 0 Å². The molecule has 0 amide bonds. The molecule has 1 N–H and O–H groups in total. The molecule has 0 heterocycles. The van der Waals surface area contributed by atoms with E-state index < -0.39 is 6.10 Å². The fourth-order valence-electron chi connectivity index (χ4n) is 1.15. The summed E-state index contributed by atoms with van der Waals surface area (Å²) in [6.07, 6.45) is -0.0495. The van der Waals surface area contributed by atoms with Gasteiger partial charge in [0.15, 0.2) is 6.10 Å². The molecule has 0 bridgehead atoms. The SMILES string of the molecule is N#CC(OCCCO)c1ccc(Br)c(Br)c1. The van der Waals surface area contributed by atoms with Gasteiger partial charge in [-0.25, -0.2) is 0 Å². The van der Waals surface area contributed by atoms with E-state index in [0.29, 0.717) is 13.0 Å². The standard InChI is InChI=1S/C11H11Br2NO2/c12-9-3-2-8(6-10(9)13)11(7-14)16-5-1-4-15/h2-3,6,11,15H,1,4-5H2. The van der Waals surface area contributed by atoms with Crippen LogP contribution in [0.5, 0.6) is 0 Å². The van der Waals surface area contributed by atoms with Crippen molar-refractivity contribution in [3.05, 3.63) is 32.7 Å². The molecule has 1 rings (SSSR count). The first kappa shape index (κ1) is 13.7. The second-order valence-corrected chi connectivity index (χ2v) is 4.84. The summed E-state index contributed by atoms with van der Waals surface area (Å²) >= 11 is 6.73. The molecule has 0 aliphatic rings. The molecular weight excluding hydrogens is 338 g/mol. The molecule has 1 unspecified atom stereocenters. The van der Waals surface area contributed by atoms with Gasteiger partial charge in [0.25, 0.3) is 0 Å². The van der Waals surface area contributed by atoms with E-state index in [1.807, 2.05) is 18.2 Å². The maximum absolute atomic E-state index is 8.97. The molecule has 0 saturated carbocycles. The van der Waals surface area contributed by atoms with Crippen LogP contribution in [0.4, 0.5) is 0 Å². The van der Waals surface area contributed by atoms with Crippen molar-refractivity contribution >= 4 is 31.9 Å². The molecule has 5 heteroatoms. The molecule has 0 saturated heterocycles. The summed E-state index contributed by atoms with van der Waals surface area (Å²) < 4.78 is 7.17. The number of ether oxygens (including phenoxy) is 1. The Balaban J connectivity index is 2.72. The number of nitrogens with zero attached hydrogens (tertiary/aromatic N) is 1. The average Bonchev–Trinajstić information content (AvgIpc) is 2.29. The van der Waals surface area contributed by atoms with Crippen molar-refractivity contribution in [3.8, 4) is 6.07 Å². The monoisotopic (exact) mass is 347 g/mol. The Kier molecular flexibility index (Phi) is 5.99. The van der Waals surface area contributed by atoms with Crippen molar-refractivity contribution in [1.82, 2.24) is 0 Å². The molecule has 0 aliphatic heterocycles. The van der Waals surface area contributed by atoms with Crippen LogP contribution < -0.4 is 0 Å². The van der Waals surface area contributed by atoms with E-state index in [1.54, 1.807) is 0 Å². The third-order valence-electron chi connectivity index (χ3n) is 1.95. The van der Waals surface area contributed by atoms with Gasteiger partial charge in [-0.1, -0.05) is 6.07 Å². The zero-order valence-electron chi connectivity index (χ0n) is 8.49. The van der Waals surface area contributed by atoms with Crippen molar-refractivity contribution < 1.29 is 9.84 Å². The van der Waals surface area contributed by atoms with Crippen molar-refractivity contribution in [1.29, 1.82) is 5.26 Å². The normalized spacial score (nSPS) is 12.1. The third kappa shape index (κ3) is 3.87. The summed E-state index contributed by atoms with van der Waals surface area (Å²) in [6, 6.07) is 7.62. The van der Waals surface area contributed by atoms with Gasteiger partial charge in [-0.15, -0.1) is 0 Å². The lowest BCUT2D eigenvalue weighted by molar-refractivity contribution is 0.0773. The molecule has 0 aliphatic carbocycles. The molecule has 3 nitrogen and oxygen atoms in total. The summed E-state index contributed by atoms with van der Waals surface area (Å²) in [7, 11) is 0. The predicted molar refractivity (Wildman–Crippen MR) is 67.9 cm³/mol. The van der Waals surface area contributed by atoms with Crippen LogP contribution in [-0.4, -0.2) is 18.3 Å². The van der Waals surface area contributed by atoms with Crippen LogP contribution in [0.3, 0.4) is 0 Å². The highest BCUT2D eigenvalue weighted by atomic mass is 79.9. The first-order valence-electron chi connectivity index (χ1n) is 4.76. The number of nitriles is 1. The summed E-state index contributed by atoms with van der Waals surface area (Å²) in [5.74, 6) is 0. The van der Waals surface area contributed by atoms with Crippen molar-refractivity contribution in [2.45, 2.75) is 12.5 Å². The van der Waals surface area contributed by atoms with Crippen LogP contribution in [0.2, 0.25) is 0 Å².